The minimum atomic E-state index is -0.438. The predicted octanol–water partition coefficient (Wildman–Crippen LogP) is -1.01. The summed E-state index contributed by atoms with van der Waals surface area (Å²) < 4.78 is 0. The normalized spacial score (nSPS) is 12.9. The van der Waals surface area contributed by atoms with E-state index in [4.69, 9.17) is 11.6 Å². The Balaban J connectivity index is 3.28. The highest BCUT2D eigenvalue weighted by Gasteiger charge is 2.05. The van der Waals surface area contributed by atoms with Gasteiger partial charge in [0.25, 0.3) is 0 Å². The molecule has 1 atom stereocenters. The molecule has 0 saturated carbocycles. The zero-order valence-corrected chi connectivity index (χ0v) is 6.38. The summed E-state index contributed by atoms with van der Waals surface area (Å²) in [5, 5.41) is 0. The van der Waals surface area contributed by atoms with Crippen LogP contribution in [0.5, 0.6) is 0 Å². The Morgan fingerprint density at radius 2 is 2.27 bits per heavy atom. The Bertz CT molecular complexity index is 99.8. The first-order valence-electron chi connectivity index (χ1n) is 3.54. The fraction of sp³-hybridized carbons (Fsp3) is 0.833. The van der Waals surface area contributed by atoms with Crippen LogP contribution in [0.2, 0.25) is 0 Å². The molecule has 0 aromatic heterocycles. The van der Waals surface area contributed by atoms with Crippen LogP contribution in [0.3, 0.4) is 0 Å². The lowest BCUT2D eigenvalue weighted by molar-refractivity contribution is 0.0271. The fourth-order valence-electron chi connectivity index (χ4n) is 0.717. The van der Waals surface area contributed by atoms with Gasteiger partial charge in [-0.25, -0.2) is 4.94 Å². The van der Waals surface area contributed by atoms with Crippen LogP contribution in [0.4, 0.5) is 0 Å². The van der Waals surface area contributed by atoms with Crippen molar-refractivity contribution in [3.05, 3.63) is 0 Å². The lowest BCUT2D eigenvalue weighted by atomic mass is 10.1. The molecule has 0 spiro atoms. The molecule has 0 aliphatic rings. The number of nitrogens with two attached hydrogens (primary N) is 2. The van der Waals surface area contributed by atoms with Crippen molar-refractivity contribution in [3.8, 4) is 0 Å². The largest absolute Gasteiger partial charge is 0.330 e. The number of hydrogen-bond donors (Lipinski definition) is 3. The Hall–Kier alpha value is -0.490. The van der Waals surface area contributed by atoms with E-state index in [1.807, 2.05) is 0 Å². The van der Waals surface area contributed by atoms with Gasteiger partial charge in [-0.1, -0.05) is 6.42 Å². The molecule has 0 fully saturated rings. The number of unbranched alkanes of at least 4 members (excludes halogenated alkanes) is 1. The number of carbonyl (C=O) groups excluding carboxylic acids is 1. The van der Waals surface area contributed by atoms with Crippen molar-refractivity contribution in [2.45, 2.75) is 25.3 Å². The molecule has 5 heteroatoms. The second-order valence-corrected chi connectivity index (χ2v) is 2.19. The first kappa shape index (κ1) is 10.5. The monoisotopic (exact) mass is 160 g/mol. The van der Waals surface area contributed by atoms with E-state index in [9.17, 15) is 4.79 Å². The van der Waals surface area contributed by atoms with Gasteiger partial charge in [-0.3, -0.25) is 4.79 Å². The standard InChI is InChI=1S/C6H14N3O2/c7-4-2-1-3-6(5-10)9-11-8/h6,9H,1-4,7-8H2. The third kappa shape index (κ3) is 5.93. The van der Waals surface area contributed by atoms with E-state index in [-0.39, 0.29) is 0 Å². The van der Waals surface area contributed by atoms with E-state index < -0.39 is 6.04 Å². The zero-order chi connectivity index (χ0) is 8.53. The van der Waals surface area contributed by atoms with Crippen LogP contribution in [0.15, 0.2) is 0 Å². The Kier molecular flexibility index (Phi) is 7.28. The molecule has 11 heavy (non-hydrogen) atoms. The minimum absolute atomic E-state index is 0.438. The highest BCUT2D eigenvalue weighted by molar-refractivity contribution is 5.57. The van der Waals surface area contributed by atoms with Gasteiger partial charge in [-0.2, -0.15) is 11.4 Å². The maximum absolute atomic E-state index is 10.1. The lowest BCUT2D eigenvalue weighted by Gasteiger charge is -2.07. The first-order valence-corrected chi connectivity index (χ1v) is 3.54. The Morgan fingerprint density at radius 1 is 1.55 bits per heavy atom. The molecule has 0 saturated heterocycles. The van der Waals surface area contributed by atoms with Gasteiger partial charge in [-0.15, -0.1) is 0 Å². The quantitative estimate of drug-likeness (QED) is 0.328. The molecule has 0 rings (SSSR count). The van der Waals surface area contributed by atoms with Crippen molar-refractivity contribution in [2.75, 3.05) is 6.54 Å². The fourth-order valence-corrected chi connectivity index (χ4v) is 0.717. The summed E-state index contributed by atoms with van der Waals surface area (Å²) >= 11 is 0. The van der Waals surface area contributed by atoms with E-state index in [1.54, 1.807) is 6.29 Å². The molecule has 0 aromatic carbocycles. The van der Waals surface area contributed by atoms with Crippen LogP contribution in [0.25, 0.3) is 0 Å². The molecule has 1 unspecified atom stereocenters. The van der Waals surface area contributed by atoms with Gasteiger partial charge < -0.3 is 5.73 Å². The Morgan fingerprint density at radius 3 is 2.73 bits per heavy atom. The van der Waals surface area contributed by atoms with Gasteiger partial charge in [0, 0.05) is 0 Å². The van der Waals surface area contributed by atoms with Crippen molar-refractivity contribution < 1.29 is 9.73 Å². The predicted molar refractivity (Wildman–Crippen MR) is 40.8 cm³/mol. The van der Waals surface area contributed by atoms with Gasteiger partial charge in [0.05, 0.1) is 0 Å². The lowest BCUT2D eigenvalue weighted by Crippen LogP contribution is -2.32. The number of rotatable bonds is 7. The van der Waals surface area contributed by atoms with Crippen LogP contribution in [0.1, 0.15) is 19.3 Å². The molecule has 1 radical (unpaired) electrons. The highest BCUT2D eigenvalue weighted by atomic mass is 16.8. The van der Waals surface area contributed by atoms with E-state index in [1.165, 1.54) is 0 Å². The second kappa shape index (κ2) is 7.62. The zero-order valence-electron chi connectivity index (χ0n) is 6.38. The van der Waals surface area contributed by atoms with E-state index in [0.717, 1.165) is 12.8 Å². The van der Waals surface area contributed by atoms with E-state index in [0.29, 0.717) is 13.0 Å². The molecule has 0 heterocycles. The molecular weight excluding hydrogens is 146 g/mol. The summed E-state index contributed by atoms with van der Waals surface area (Å²) in [6.45, 7) is 0.634. The maximum atomic E-state index is 10.1. The van der Waals surface area contributed by atoms with Gasteiger partial charge >= 0.3 is 0 Å². The van der Waals surface area contributed by atoms with Crippen LogP contribution in [0, 0.1) is 0 Å². The summed E-state index contributed by atoms with van der Waals surface area (Å²) in [6, 6.07) is -0.438. The summed E-state index contributed by atoms with van der Waals surface area (Å²) in [5.41, 5.74) is 7.56. The van der Waals surface area contributed by atoms with Crippen molar-refractivity contribution in [2.24, 2.45) is 11.6 Å². The smallest absolute Gasteiger partial charge is 0.219 e. The molecule has 65 valence electrons. The minimum Gasteiger partial charge on any atom is -0.330 e. The molecule has 5 N–H and O–H groups in total. The van der Waals surface area contributed by atoms with Crippen LogP contribution in [-0.4, -0.2) is 18.9 Å². The third-order valence-corrected chi connectivity index (χ3v) is 1.30. The second-order valence-electron chi connectivity index (χ2n) is 2.19. The highest BCUT2D eigenvalue weighted by Crippen LogP contribution is 1.97. The summed E-state index contributed by atoms with van der Waals surface area (Å²) in [5.74, 6) is 4.69. The van der Waals surface area contributed by atoms with Crippen LogP contribution in [-0.2, 0) is 9.73 Å². The third-order valence-electron chi connectivity index (χ3n) is 1.30. The van der Waals surface area contributed by atoms with Crippen molar-refractivity contribution in [3.63, 3.8) is 0 Å². The van der Waals surface area contributed by atoms with Crippen LogP contribution >= 0.6 is 0 Å². The topological polar surface area (TPSA) is 90.4 Å². The maximum Gasteiger partial charge on any atom is 0.219 e. The molecule has 5 nitrogen and oxygen atoms in total. The molecule has 0 aromatic rings. The van der Waals surface area contributed by atoms with E-state index >= 15 is 0 Å². The van der Waals surface area contributed by atoms with Crippen molar-refractivity contribution in [1.29, 1.82) is 0 Å². The Labute approximate surface area is 66.0 Å². The number of hydrogen-bond acceptors (Lipinski definition) is 5. The first-order chi connectivity index (χ1) is 5.35. The molecule has 0 aliphatic heterocycles. The van der Waals surface area contributed by atoms with Gasteiger partial charge in [-0.05, 0) is 19.4 Å². The summed E-state index contributed by atoms with van der Waals surface area (Å²) in [7, 11) is 0. The summed E-state index contributed by atoms with van der Waals surface area (Å²) in [6.07, 6.45) is 4.17. The molecule has 0 amide bonds. The van der Waals surface area contributed by atoms with E-state index in [2.05, 4.69) is 10.4 Å². The van der Waals surface area contributed by atoms with Gasteiger partial charge in [0.15, 0.2) is 0 Å². The molecule has 0 aliphatic carbocycles. The van der Waals surface area contributed by atoms with Crippen molar-refractivity contribution in [1.82, 2.24) is 5.48 Å². The van der Waals surface area contributed by atoms with Gasteiger partial charge in [0.2, 0.25) is 6.29 Å². The average molecular weight is 160 g/mol. The SMILES string of the molecule is NCCCCC([C]=O)NON. The van der Waals surface area contributed by atoms with Crippen molar-refractivity contribution >= 4 is 6.29 Å². The number of hydroxylamine groups is 1. The molecule has 0 bridgehead atoms. The summed E-state index contributed by atoms with van der Waals surface area (Å²) in [4.78, 5) is 14.2. The van der Waals surface area contributed by atoms with Gasteiger partial charge in [0.1, 0.15) is 6.04 Å². The van der Waals surface area contributed by atoms with Crippen LogP contribution < -0.4 is 17.1 Å². The number of nitrogens with one attached hydrogen (secondary N) is 1. The molecular formula is C6H14N3O2. The average Bonchev–Trinajstić information content (AvgIpc) is 2.03.